The van der Waals surface area contributed by atoms with E-state index in [4.69, 9.17) is 0 Å². The third-order valence-electron chi connectivity index (χ3n) is 4.09. The van der Waals surface area contributed by atoms with E-state index in [-0.39, 0.29) is 29.3 Å². The van der Waals surface area contributed by atoms with E-state index < -0.39 is 10.0 Å². The fourth-order valence-electron chi connectivity index (χ4n) is 2.63. The van der Waals surface area contributed by atoms with Crippen molar-refractivity contribution in [2.45, 2.75) is 18.2 Å². The number of pyridine rings is 1. The Morgan fingerprint density at radius 2 is 1.89 bits per heavy atom. The SMILES string of the molecule is Cc1cc(NC(=O)CCNS(=O)(=O)c2ccc3[nH]c(=O)ccc3c2)ccc1Br. The standard InChI is InChI=1S/C19H18BrN3O4S/c1-12-10-14(3-5-16(12)20)22-19(25)8-9-21-28(26,27)15-4-6-17-13(11-15)2-7-18(24)23-17/h2-7,10-11,21H,8-9H2,1H3,(H,22,25)(H,23,24). The fraction of sp³-hybridized carbons (Fsp3) is 0.158. The van der Waals surface area contributed by atoms with Crippen molar-refractivity contribution < 1.29 is 13.2 Å². The van der Waals surface area contributed by atoms with Gasteiger partial charge >= 0.3 is 0 Å². The lowest BCUT2D eigenvalue weighted by molar-refractivity contribution is -0.116. The van der Waals surface area contributed by atoms with E-state index in [1.54, 1.807) is 12.1 Å². The largest absolute Gasteiger partial charge is 0.326 e. The average Bonchev–Trinajstić information content (AvgIpc) is 2.64. The molecular weight excluding hydrogens is 446 g/mol. The topological polar surface area (TPSA) is 108 Å². The highest BCUT2D eigenvalue weighted by atomic mass is 79.9. The molecule has 0 atom stereocenters. The van der Waals surface area contributed by atoms with Crippen LogP contribution in [0.2, 0.25) is 0 Å². The van der Waals surface area contributed by atoms with Crippen LogP contribution in [0.5, 0.6) is 0 Å². The third-order valence-corrected chi connectivity index (χ3v) is 6.44. The summed E-state index contributed by atoms with van der Waals surface area (Å²) in [7, 11) is -3.77. The van der Waals surface area contributed by atoms with Crippen molar-refractivity contribution in [2.24, 2.45) is 0 Å². The maximum absolute atomic E-state index is 12.4. The van der Waals surface area contributed by atoms with Gasteiger partial charge < -0.3 is 10.3 Å². The molecule has 1 heterocycles. The van der Waals surface area contributed by atoms with E-state index in [1.165, 1.54) is 24.3 Å². The molecule has 0 aliphatic rings. The van der Waals surface area contributed by atoms with Gasteiger partial charge in [-0.05, 0) is 60.3 Å². The summed E-state index contributed by atoms with van der Waals surface area (Å²) in [5.74, 6) is -0.291. The monoisotopic (exact) mass is 463 g/mol. The van der Waals surface area contributed by atoms with Crippen molar-refractivity contribution in [2.75, 3.05) is 11.9 Å². The zero-order valence-corrected chi connectivity index (χ0v) is 17.4. The molecule has 7 nitrogen and oxygen atoms in total. The summed E-state index contributed by atoms with van der Waals surface area (Å²) in [4.78, 5) is 26.1. The number of hydrogen-bond donors (Lipinski definition) is 3. The van der Waals surface area contributed by atoms with Gasteiger partial charge in [0.2, 0.25) is 21.5 Å². The Bertz CT molecular complexity index is 1210. The Labute approximate surface area is 170 Å². The Morgan fingerprint density at radius 1 is 1.11 bits per heavy atom. The van der Waals surface area contributed by atoms with Gasteiger partial charge in [0.15, 0.2) is 0 Å². The number of halogens is 1. The lowest BCUT2D eigenvalue weighted by atomic mass is 10.2. The molecule has 0 saturated carbocycles. The van der Waals surface area contributed by atoms with Crippen LogP contribution in [-0.4, -0.2) is 25.9 Å². The molecule has 0 aliphatic carbocycles. The molecule has 0 spiro atoms. The Balaban J connectivity index is 1.61. The molecule has 1 amide bonds. The molecule has 0 saturated heterocycles. The first-order valence-corrected chi connectivity index (χ1v) is 10.7. The maximum Gasteiger partial charge on any atom is 0.248 e. The number of anilines is 1. The first-order valence-electron chi connectivity index (χ1n) is 8.43. The highest BCUT2D eigenvalue weighted by molar-refractivity contribution is 9.10. The van der Waals surface area contributed by atoms with E-state index in [9.17, 15) is 18.0 Å². The van der Waals surface area contributed by atoms with Gasteiger partial charge in [-0.3, -0.25) is 9.59 Å². The summed E-state index contributed by atoms with van der Waals surface area (Å²) >= 11 is 3.39. The van der Waals surface area contributed by atoms with Crippen LogP contribution in [0.25, 0.3) is 10.9 Å². The number of aryl methyl sites for hydroxylation is 1. The fourth-order valence-corrected chi connectivity index (χ4v) is 3.94. The van der Waals surface area contributed by atoms with Crippen molar-refractivity contribution in [3.8, 4) is 0 Å². The van der Waals surface area contributed by atoms with E-state index in [0.717, 1.165) is 10.0 Å². The van der Waals surface area contributed by atoms with Crippen molar-refractivity contribution in [1.82, 2.24) is 9.71 Å². The number of fused-ring (bicyclic) bond motifs is 1. The molecule has 0 unspecified atom stereocenters. The summed E-state index contributed by atoms with van der Waals surface area (Å²) in [5.41, 5.74) is 1.93. The quantitative estimate of drug-likeness (QED) is 0.521. The molecular formula is C19H18BrN3O4S. The van der Waals surface area contributed by atoms with Crippen molar-refractivity contribution in [3.63, 3.8) is 0 Å². The second-order valence-corrected chi connectivity index (χ2v) is 8.85. The second-order valence-electron chi connectivity index (χ2n) is 6.23. The predicted molar refractivity (Wildman–Crippen MR) is 112 cm³/mol. The molecule has 3 aromatic rings. The van der Waals surface area contributed by atoms with E-state index in [0.29, 0.717) is 16.6 Å². The molecule has 3 rings (SSSR count). The molecule has 2 aromatic carbocycles. The van der Waals surface area contributed by atoms with E-state index in [1.807, 2.05) is 19.1 Å². The Kier molecular flexibility index (Phi) is 5.97. The van der Waals surface area contributed by atoms with Crippen LogP contribution in [0.1, 0.15) is 12.0 Å². The number of aromatic nitrogens is 1. The number of carbonyl (C=O) groups excluding carboxylic acids is 1. The smallest absolute Gasteiger partial charge is 0.248 e. The molecule has 0 aliphatic heterocycles. The van der Waals surface area contributed by atoms with Crippen LogP contribution in [0.3, 0.4) is 0 Å². The zero-order valence-electron chi connectivity index (χ0n) is 15.0. The number of carbonyl (C=O) groups is 1. The number of sulfonamides is 1. The van der Waals surface area contributed by atoms with Gasteiger partial charge in [-0.2, -0.15) is 0 Å². The molecule has 28 heavy (non-hydrogen) atoms. The molecule has 0 radical (unpaired) electrons. The highest BCUT2D eigenvalue weighted by Gasteiger charge is 2.15. The Morgan fingerprint density at radius 3 is 2.64 bits per heavy atom. The number of nitrogens with one attached hydrogen (secondary N) is 3. The number of H-pyrrole nitrogens is 1. The summed E-state index contributed by atoms with van der Waals surface area (Å²) in [5, 5.41) is 3.34. The summed E-state index contributed by atoms with van der Waals surface area (Å²) in [6.45, 7) is 1.88. The van der Waals surface area contributed by atoms with Crippen molar-refractivity contribution in [3.05, 3.63) is 68.9 Å². The van der Waals surface area contributed by atoms with Gasteiger partial charge in [-0.25, -0.2) is 13.1 Å². The molecule has 1 aromatic heterocycles. The average molecular weight is 464 g/mol. The minimum atomic E-state index is -3.77. The zero-order chi connectivity index (χ0) is 20.3. The van der Waals surface area contributed by atoms with E-state index in [2.05, 4.69) is 31.0 Å². The number of benzene rings is 2. The Hall–Kier alpha value is -2.49. The predicted octanol–water partition coefficient (Wildman–Crippen LogP) is 2.91. The van der Waals surface area contributed by atoms with Gasteiger partial charge in [0.05, 0.1) is 4.90 Å². The first-order chi connectivity index (χ1) is 13.2. The minimum Gasteiger partial charge on any atom is -0.326 e. The highest BCUT2D eigenvalue weighted by Crippen LogP contribution is 2.20. The van der Waals surface area contributed by atoms with Crippen LogP contribution in [-0.2, 0) is 14.8 Å². The lowest BCUT2D eigenvalue weighted by Gasteiger charge is -2.09. The summed E-state index contributed by atoms with van der Waals surface area (Å²) in [6, 6.07) is 12.7. The van der Waals surface area contributed by atoms with Crippen LogP contribution < -0.4 is 15.6 Å². The van der Waals surface area contributed by atoms with Crippen LogP contribution in [0.4, 0.5) is 5.69 Å². The van der Waals surface area contributed by atoms with E-state index >= 15 is 0 Å². The van der Waals surface area contributed by atoms with Gasteiger partial charge in [0, 0.05) is 34.7 Å². The van der Waals surface area contributed by atoms with Gasteiger partial charge in [0.1, 0.15) is 0 Å². The van der Waals surface area contributed by atoms with Gasteiger partial charge in [0.25, 0.3) is 0 Å². The molecule has 0 bridgehead atoms. The lowest BCUT2D eigenvalue weighted by Crippen LogP contribution is -2.27. The van der Waals surface area contributed by atoms with Crippen molar-refractivity contribution in [1.29, 1.82) is 0 Å². The number of amides is 1. The van der Waals surface area contributed by atoms with Crippen LogP contribution >= 0.6 is 15.9 Å². The summed E-state index contributed by atoms with van der Waals surface area (Å²) in [6.07, 6.45) is -0.00472. The van der Waals surface area contributed by atoms with Gasteiger partial charge in [-0.1, -0.05) is 15.9 Å². The van der Waals surface area contributed by atoms with Crippen LogP contribution in [0, 0.1) is 6.92 Å². The molecule has 3 N–H and O–H groups in total. The summed E-state index contributed by atoms with van der Waals surface area (Å²) < 4.78 is 28.3. The third kappa shape index (κ3) is 4.86. The van der Waals surface area contributed by atoms with Crippen molar-refractivity contribution >= 4 is 48.5 Å². The second kappa shape index (κ2) is 8.26. The first kappa shape index (κ1) is 20.2. The number of aromatic amines is 1. The normalized spacial score (nSPS) is 11.5. The number of hydrogen-bond acceptors (Lipinski definition) is 4. The van der Waals surface area contributed by atoms with Gasteiger partial charge in [-0.15, -0.1) is 0 Å². The molecule has 0 fully saturated rings. The maximum atomic E-state index is 12.4. The minimum absolute atomic E-state index is 0.00472. The molecule has 9 heteroatoms. The van der Waals surface area contributed by atoms with Crippen LogP contribution in [0.15, 0.2) is 62.7 Å². The number of rotatable bonds is 6. The molecule has 146 valence electrons.